The first-order valence-corrected chi connectivity index (χ1v) is 10.0. The molecular weight excluding hydrogens is 398 g/mol. The smallest absolute Gasteiger partial charge is 0.279 e. The third kappa shape index (κ3) is 4.86. The van der Waals surface area contributed by atoms with E-state index >= 15 is 0 Å². The Hall–Kier alpha value is -2.48. The van der Waals surface area contributed by atoms with Crippen molar-refractivity contribution in [3.8, 4) is 0 Å². The zero-order chi connectivity index (χ0) is 20.1. The van der Waals surface area contributed by atoms with Crippen LogP contribution in [-0.2, 0) is 16.1 Å². The molecule has 146 valence electrons. The van der Waals surface area contributed by atoms with E-state index in [1.807, 2.05) is 29.7 Å². The van der Waals surface area contributed by atoms with Gasteiger partial charge in [0.2, 0.25) is 5.91 Å². The van der Waals surface area contributed by atoms with Crippen LogP contribution in [0.4, 0.5) is 5.69 Å². The second-order valence-electron chi connectivity index (χ2n) is 6.02. The Balaban J connectivity index is 2.04. The molecule has 0 bridgehead atoms. The first kappa shape index (κ1) is 20.3. The molecule has 28 heavy (non-hydrogen) atoms. The summed E-state index contributed by atoms with van der Waals surface area (Å²) in [5, 5.41) is 3.34. The van der Waals surface area contributed by atoms with Crippen LogP contribution in [-0.4, -0.2) is 29.6 Å². The molecule has 1 aromatic heterocycles. The van der Waals surface area contributed by atoms with Crippen LogP contribution >= 0.6 is 22.9 Å². The Labute approximate surface area is 171 Å². The summed E-state index contributed by atoms with van der Waals surface area (Å²) in [5.41, 5.74) is 2.10. The third-order valence-electron chi connectivity index (χ3n) is 3.95. The molecule has 0 spiro atoms. The zero-order valence-corrected chi connectivity index (χ0v) is 17.1. The van der Waals surface area contributed by atoms with Crippen LogP contribution in [0.1, 0.15) is 24.2 Å². The fourth-order valence-electron chi connectivity index (χ4n) is 2.70. The Morgan fingerprint density at radius 3 is 2.64 bits per heavy atom. The molecule has 0 aliphatic rings. The molecule has 3 rings (SSSR count). The van der Waals surface area contributed by atoms with Gasteiger partial charge >= 0.3 is 0 Å². The lowest BCUT2D eigenvalue weighted by Gasteiger charge is -2.06. The minimum atomic E-state index is -0.338. The van der Waals surface area contributed by atoms with Gasteiger partial charge in [0.15, 0.2) is 4.80 Å². The van der Waals surface area contributed by atoms with E-state index in [9.17, 15) is 9.59 Å². The minimum Gasteiger partial charge on any atom is -0.380 e. The number of nitrogens with zero attached hydrogens (tertiary/aromatic N) is 2. The molecule has 1 N–H and O–H groups in total. The van der Waals surface area contributed by atoms with E-state index in [0.717, 1.165) is 10.2 Å². The number of fused-ring (bicyclic) bond motifs is 1. The van der Waals surface area contributed by atoms with Gasteiger partial charge in [0.1, 0.15) is 0 Å². The van der Waals surface area contributed by atoms with E-state index in [0.29, 0.717) is 40.8 Å². The van der Waals surface area contributed by atoms with Crippen LogP contribution in [0.3, 0.4) is 0 Å². The fourth-order valence-corrected chi connectivity index (χ4v) is 3.92. The standard InChI is InChI=1S/C20H20ClN3O3S/c1-3-27-11-10-24-17-9-8-16(22-13(2)25)12-18(17)28-20(24)23-19(26)14-4-6-15(21)7-5-14/h4-9,12H,3,10-11H2,1-2H3,(H,22,25). The monoisotopic (exact) mass is 417 g/mol. The zero-order valence-electron chi connectivity index (χ0n) is 15.6. The molecule has 6 nitrogen and oxygen atoms in total. The summed E-state index contributed by atoms with van der Waals surface area (Å²) in [5.74, 6) is -0.474. The van der Waals surface area contributed by atoms with E-state index < -0.39 is 0 Å². The fraction of sp³-hybridized carbons (Fsp3) is 0.250. The average molecular weight is 418 g/mol. The molecule has 0 aliphatic carbocycles. The number of rotatable bonds is 6. The predicted molar refractivity (Wildman–Crippen MR) is 112 cm³/mol. The Kier molecular flexibility index (Phi) is 6.61. The molecule has 8 heteroatoms. The van der Waals surface area contributed by atoms with E-state index in [4.69, 9.17) is 16.3 Å². The lowest BCUT2D eigenvalue weighted by atomic mass is 10.2. The van der Waals surface area contributed by atoms with Crippen molar-refractivity contribution in [2.24, 2.45) is 4.99 Å². The summed E-state index contributed by atoms with van der Waals surface area (Å²) in [6.07, 6.45) is 0. The number of amides is 2. The van der Waals surface area contributed by atoms with Gasteiger partial charge in [0.25, 0.3) is 5.91 Å². The van der Waals surface area contributed by atoms with E-state index in [1.165, 1.54) is 18.3 Å². The summed E-state index contributed by atoms with van der Waals surface area (Å²) < 4.78 is 8.36. The van der Waals surface area contributed by atoms with Crippen molar-refractivity contribution < 1.29 is 14.3 Å². The molecule has 0 saturated carbocycles. The van der Waals surface area contributed by atoms with E-state index in [-0.39, 0.29) is 11.8 Å². The lowest BCUT2D eigenvalue weighted by molar-refractivity contribution is -0.114. The highest BCUT2D eigenvalue weighted by molar-refractivity contribution is 7.16. The van der Waals surface area contributed by atoms with E-state index in [1.54, 1.807) is 24.3 Å². The van der Waals surface area contributed by atoms with Gasteiger partial charge in [-0.25, -0.2) is 0 Å². The molecule has 0 unspecified atom stereocenters. The maximum atomic E-state index is 12.6. The summed E-state index contributed by atoms with van der Waals surface area (Å²) in [7, 11) is 0. The summed E-state index contributed by atoms with van der Waals surface area (Å²) >= 11 is 7.28. The maximum Gasteiger partial charge on any atom is 0.279 e. The Bertz CT molecular complexity index is 1070. The molecule has 2 aromatic carbocycles. The van der Waals surface area contributed by atoms with Crippen molar-refractivity contribution in [3.05, 3.63) is 57.9 Å². The number of anilines is 1. The molecule has 2 amide bonds. The molecule has 3 aromatic rings. The number of ether oxygens (including phenoxy) is 1. The number of hydrogen-bond acceptors (Lipinski definition) is 4. The quantitative estimate of drug-likeness (QED) is 0.614. The van der Waals surface area contributed by atoms with Crippen molar-refractivity contribution in [2.75, 3.05) is 18.5 Å². The minimum absolute atomic E-state index is 0.136. The first-order valence-electron chi connectivity index (χ1n) is 8.81. The molecule has 0 saturated heterocycles. The summed E-state index contributed by atoms with van der Waals surface area (Å²) in [6.45, 7) is 5.10. The van der Waals surface area contributed by atoms with Gasteiger partial charge < -0.3 is 14.6 Å². The second-order valence-corrected chi connectivity index (χ2v) is 7.47. The van der Waals surface area contributed by atoms with Crippen LogP contribution in [0.2, 0.25) is 5.02 Å². The van der Waals surface area contributed by atoms with Crippen LogP contribution in [0.5, 0.6) is 0 Å². The second kappa shape index (κ2) is 9.14. The van der Waals surface area contributed by atoms with Crippen LogP contribution in [0.25, 0.3) is 10.2 Å². The van der Waals surface area contributed by atoms with Gasteiger partial charge in [0, 0.05) is 36.3 Å². The summed E-state index contributed by atoms with van der Waals surface area (Å²) in [6, 6.07) is 12.3. The largest absolute Gasteiger partial charge is 0.380 e. The van der Waals surface area contributed by atoms with Gasteiger partial charge in [-0.2, -0.15) is 4.99 Å². The van der Waals surface area contributed by atoms with Gasteiger partial charge in [-0.05, 0) is 49.4 Å². The van der Waals surface area contributed by atoms with Gasteiger partial charge in [-0.1, -0.05) is 22.9 Å². The maximum absolute atomic E-state index is 12.6. The normalized spacial score (nSPS) is 11.8. The Morgan fingerprint density at radius 1 is 1.21 bits per heavy atom. The van der Waals surface area contributed by atoms with Gasteiger partial charge in [0.05, 0.1) is 16.8 Å². The topological polar surface area (TPSA) is 72.7 Å². The highest BCUT2D eigenvalue weighted by atomic mass is 35.5. The average Bonchev–Trinajstić information content (AvgIpc) is 2.98. The number of hydrogen-bond donors (Lipinski definition) is 1. The van der Waals surface area contributed by atoms with Crippen LogP contribution in [0.15, 0.2) is 47.5 Å². The third-order valence-corrected chi connectivity index (χ3v) is 5.25. The summed E-state index contributed by atoms with van der Waals surface area (Å²) in [4.78, 5) is 28.8. The molecule has 0 radical (unpaired) electrons. The number of thiazole rings is 1. The molecule has 0 atom stereocenters. The van der Waals surface area contributed by atoms with Gasteiger partial charge in [-0.15, -0.1) is 0 Å². The number of carbonyl (C=O) groups excluding carboxylic acids is 2. The first-order chi connectivity index (χ1) is 13.5. The number of halogens is 1. The number of benzene rings is 2. The SMILES string of the molecule is CCOCCn1c(=NC(=O)c2ccc(Cl)cc2)sc2cc(NC(C)=O)ccc21. The highest BCUT2D eigenvalue weighted by Gasteiger charge is 2.10. The Morgan fingerprint density at radius 2 is 1.96 bits per heavy atom. The number of aromatic nitrogens is 1. The lowest BCUT2D eigenvalue weighted by Crippen LogP contribution is -2.19. The number of nitrogens with one attached hydrogen (secondary N) is 1. The van der Waals surface area contributed by atoms with Crippen molar-refractivity contribution in [1.82, 2.24) is 4.57 Å². The molecule has 0 fully saturated rings. The van der Waals surface area contributed by atoms with Crippen molar-refractivity contribution in [1.29, 1.82) is 0 Å². The molecular formula is C20H20ClN3O3S. The van der Waals surface area contributed by atoms with Crippen molar-refractivity contribution in [2.45, 2.75) is 20.4 Å². The highest BCUT2D eigenvalue weighted by Crippen LogP contribution is 2.22. The van der Waals surface area contributed by atoms with Crippen LogP contribution < -0.4 is 10.1 Å². The van der Waals surface area contributed by atoms with Crippen LogP contribution in [0, 0.1) is 0 Å². The van der Waals surface area contributed by atoms with Crippen molar-refractivity contribution in [3.63, 3.8) is 0 Å². The van der Waals surface area contributed by atoms with Crippen molar-refractivity contribution >= 4 is 50.7 Å². The van der Waals surface area contributed by atoms with E-state index in [2.05, 4.69) is 10.3 Å². The van der Waals surface area contributed by atoms with Gasteiger partial charge in [-0.3, -0.25) is 9.59 Å². The predicted octanol–water partition coefficient (Wildman–Crippen LogP) is 4.09. The molecule has 1 heterocycles. The number of carbonyl (C=O) groups is 2. The molecule has 0 aliphatic heterocycles.